The molecule has 0 saturated heterocycles. The van der Waals surface area contributed by atoms with Gasteiger partial charge >= 0.3 is 0 Å². The minimum atomic E-state index is -0.205. The van der Waals surface area contributed by atoms with Crippen LogP contribution >= 0.6 is 0 Å². The Bertz CT molecular complexity index is 434. The first kappa shape index (κ1) is 19.0. The van der Waals surface area contributed by atoms with Crippen LogP contribution in [0.4, 0.5) is 0 Å². The fraction of sp³-hybridized carbons (Fsp3) is 0.700. The summed E-state index contributed by atoms with van der Waals surface area (Å²) in [5.74, 6) is 1.40. The number of ether oxygens (including phenoxy) is 2. The van der Waals surface area contributed by atoms with Gasteiger partial charge in [0.2, 0.25) is 0 Å². The predicted octanol–water partition coefficient (Wildman–Crippen LogP) is 6.01. The maximum absolute atomic E-state index is 5.75. The average Bonchev–Trinajstić information content (AvgIpc) is 2.35. The van der Waals surface area contributed by atoms with Gasteiger partial charge in [0, 0.05) is 6.61 Å². The second kappa shape index (κ2) is 7.50. The lowest BCUT2D eigenvalue weighted by molar-refractivity contribution is -0.0613. The van der Waals surface area contributed by atoms with Crippen molar-refractivity contribution in [1.82, 2.24) is 0 Å². The zero-order valence-electron chi connectivity index (χ0n) is 15.7. The molecule has 0 heterocycles. The van der Waals surface area contributed by atoms with Crippen LogP contribution in [0.25, 0.3) is 0 Å². The van der Waals surface area contributed by atoms with Crippen molar-refractivity contribution in [3.8, 4) is 5.75 Å². The summed E-state index contributed by atoms with van der Waals surface area (Å²) in [5.41, 5.74) is 1.95. The topological polar surface area (TPSA) is 18.5 Å². The molecule has 0 aliphatic rings. The Morgan fingerprint density at radius 2 is 1.50 bits per heavy atom. The van der Waals surface area contributed by atoms with Crippen LogP contribution in [-0.2, 0) is 4.74 Å². The maximum Gasteiger partial charge on any atom is 0.196 e. The molecular weight excluding hydrogens is 272 g/mol. The van der Waals surface area contributed by atoms with Crippen molar-refractivity contribution in [2.75, 3.05) is 6.61 Å². The van der Waals surface area contributed by atoms with E-state index in [-0.39, 0.29) is 11.7 Å². The molecule has 1 aromatic carbocycles. The van der Waals surface area contributed by atoms with Gasteiger partial charge < -0.3 is 9.47 Å². The van der Waals surface area contributed by atoms with Crippen LogP contribution in [0.5, 0.6) is 5.75 Å². The Hall–Kier alpha value is -1.02. The summed E-state index contributed by atoms with van der Waals surface area (Å²) < 4.78 is 11.2. The molecule has 0 spiro atoms. The van der Waals surface area contributed by atoms with Gasteiger partial charge in [0.15, 0.2) is 6.29 Å². The van der Waals surface area contributed by atoms with E-state index >= 15 is 0 Å². The lowest BCUT2D eigenvalue weighted by atomic mass is 9.69. The summed E-state index contributed by atoms with van der Waals surface area (Å²) in [6.07, 6.45) is 0.968. The number of rotatable bonds is 6. The third kappa shape index (κ3) is 6.39. The quantitative estimate of drug-likeness (QED) is 0.599. The molecule has 1 aromatic rings. The van der Waals surface area contributed by atoms with Crippen LogP contribution in [-0.4, -0.2) is 12.9 Å². The summed E-state index contributed by atoms with van der Waals surface area (Å²) in [4.78, 5) is 0. The van der Waals surface area contributed by atoms with Crippen molar-refractivity contribution >= 4 is 0 Å². The molecule has 2 unspecified atom stereocenters. The Morgan fingerprint density at radius 1 is 0.955 bits per heavy atom. The van der Waals surface area contributed by atoms with Crippen molar-refractivity contribution in [3.05, 3.63) is 29.8 Å². The van der Waals surface area contributed by atoms with Crippen LogP contribution in [0.3, 0.4) is 0 Å². The lowest BCUT2D eigenvalue weighted by Gasteiger charge is -2.36. The molecule has 0 radical (unpaired) electrons. The van der Waals surface area contributed by atoms with Gasteiger partial charge in [-0.1, -0.05) is 53.7 Å². The van der Waals surface area contributed by atoms with E-state index in [9.17, 15) is 0 Å². The van der Waals surface area contributed by atoms with Crippen molar-refractivity contribution in [2.45, 2.75) is 74.0 Å². The van der Waals surface area contributed by atoms with Crippen molar-refractivity contribution in [2.24, 2.45) is 10.8 Å². The first-order chi connectivity index (χ1) is 10.0. The molecule has 2 nitrogen and oxygen atoms in total. The molecule has 0 aliphatic carbocycles. The minimum Gasteiger partial charge on any atom is -0.465 e. The van der Waals surface area contributed by atoms with Crippen LogP contribution in [0, 0.1) is 10.8 Å². The van der Waals surface area contributed by atoms with Gasteiger partial charge in [-0.25, -0.2) is 0 Å². The molecule has 0 fully saturated rings. The van der Waals surface area contributed by atoms with E-state index in [1.54, 1.807) is 0 Å². The van der Waals surface area contributed by atoms with Gasteiger partial charge in [-0.3, -0.25) is 0 Å². The van der Waals surface area contributed by atoms with Crippen LogP contribution < -0.4 is 4.74 Å². The van der Waals surface area contributed by atoms with E-state index in [0.29, 0.717) is 17.9 Å². The smallest absolute Gasteiger partial charge is 0.196 e. The molecule has 2 atom stereocenters. The molecule has 126 valence electrons. The van der Waals surface area contributed by atoms with E-state index in [4.69, 9.17) is 9.47 Å². The first-order valence-electron chi connectivity index (χ1n) is 8.41. The molecule has 2 heteroatoms. The van der Waals surface area contributed by atoms with Crippen molar-refractivity contribution in [1.29, 1.82) is 0 Å². The normalized spacial score (nSPS) is 15.5. The molecular formula is C20H34O2. The lowest BCUT2D eigenvalue weighted by Crippen LogP contribution is -2.23. The third-order valence-electron chi connectivity index (χ3n) is 3.85. The van der Waals surface area contributed by atoms with E-state index < -0.39 is 0 Å². The largest absolute Gasteiger partial charge is 0.465 e. The summed E-state index contributed by atoms with van der Waals surface area (Å²) in [6.45, 7) is 18.5. The molecule has 0 bridgehead atoms. The Labute approximate surface area is 137 Å². The van der Waals surface area contributed by atoms with Crippen LogP contribution in [0.1, 0.15) is 73.3 Å². The van der Waals surface area contributed by atoms with Gasteiger partial charge in [-0.05, 0) is 54.7 Å². The van der Waals surface area contributed by atoms with Crippen molar-refractivity contribution < 1.29 is 9.47 Å². The zero-order chi connectivity index (χ0) is 17.0. The van der Waals surface area contributed by atoms with E-state index in [2.05, 4.69) is 65.8 Å². The van der Waals surface area contributed by atoms with Crippen molar-refractivity contribution in [3.63, 3.8) is 0 Å². The third-order valence-corrected chi connectivity index (χ3v) is 3.85. The molecule has 22 heavy (non-hydrogen) atoms. The molecule has 0 saturated carbocycles. The SMILES string of the molecule is CCOC(C)Oc1ccc(C(CC(C)(C)C)C(C)(C)C)cc1. The van der Waals surface area contributed by atoms with Gasteiger partial charge in [0.05, 0.1) is 0 Å². The fourth-order valence-electron chi connectivity index (χ4n) is 2.78. The Morgan fingerprint density at radius 3 is 1.91 bits per heavy atom. The van der Waals surface area contributed by atoms with Gasteiger partial charge in [-0.2, -0.15) is 0 Å². The first-order valence-corrected chi connectivity index (χ1v) is 8.41. The summed E-state index contributed by atoms with van der Waals surface area (Å²) in [6, 6.07) is 8.53. The molecule has 0 N–H and O–H groups in total. The van der Waals surface area contributed by atoms with Gasteiger partial charge in [-0.15, -0.1) is 0 Å². The monoisotopic (exact) mass is 306 g/mol. The van der Waals surface area contributed by atoms with Crippen LogP contribution in [0.15, 0.2) is 24.3 Å². The summed E-state index contributed by atoms with van der Waals surface area (Å²) in [5, 5.41) is 0. The molecule has 0 amide bonds. The van der Waals surface area contributed by atoms with E-state index in [0.717, 1.165) is 5.75 Å². The highest BCUT2D eigenvalue weighted by Gasteiger charge is 2.30. The Balaban J connectivity index is 2.89. The predicted molar refractivity (Wildman–Crippen MR) is 94.4 cm³/mol. The van der Waals surface area contributed by atoms with Gasteiger partial charge in [0.25, 0.3) is 0 Å². The van der Waals surface area contributed by atoms with Gasteiger partial charge in [0.1, 0.15) is 5.75 Å². The van der Waals surface area contributed by atoms with E-state index in [1.165, 1.54) is 12.0 Å². The number of hydrogen-bond donors (Lipinski definition) is 0. The second-order valence-electron chi connectivity index (χ2n) is 8.39. The average molecular weight is 306 g/mol. The minimum absolute atomic E-state index is 0.205. The molecule has 0 aliphatic heterocycles. The number of benzene rings is 1. The van der Waals surface area contributed by atoms with Crippen LogP contribution in [0.2, 0.25) is 0 Å². The highest BCUT2D eigenvalue weighted by atomic mass is 16.7. The standard InChI is InChI=1S/C20H34O2/c1-9-21-15(2)22-17-12-10-16(11-13-17)18(20(6,7)8)14-19(3,4)5/h10-13,15,18H,9,14H2,1-8H3. The van der Waals surface area contributed by atoms with E-state index in [1.807, 2.05) is 13.8 Å². The summed E-state index contributed by atoms with van der Waals surface area (Å²) >= 11 is 0. The molecule has 1 rings (SSSR count). The highest BCUT2D eigenvalue weighted by Crippen LogP contribution is 2.43. The summed E-state index contributed by atoms with van der Waals surface area (Å²) in [7, 11) is 0. The highest BCUT2D eigenvalue weighted by molar-refractivity contribution is 5.30. The fourth-order valence-corrected chi connectivity index (χ4v) is 2.78. The maximum atomic E-state index is 5.75. The Kier molecular flexibility index (Phi) is 6.49. The zero-order valence-corrected chi connectivity index (χ0v) is 15.7. The second-order valence-corrected chi connectivity index (χ2v) is 8.39. The molecule has 0 aromatic heterocycles. The number of hydrogen-bond acceptors (Lipinski definition) is 2.